The highest BCUT2D eigenvalue weighted by atomic mass is 16.5. The Morgan fingerprint density at radius 1 is 1.19 bits per heavy atom. The van der Waals surface area contributed by atoms with E-state index < -0.39 is 0 Å². The van der Waals surface area contributed by atoms with Crippen molar-refractivity contribution >= 4 is 17.4 Å². The number of aromatic nitrogens is 4. The van der Waals surface area contributed by atoms with Crippen molar-refractivity contribution in [3.8, 4) is 17.0 Å². The van der Waals surface area contributed by atoms with Gasteiger partial charge in [0.15, 0.2) is 18.3 Å². The molecule has 4 rings (SSSR count). The van der Waals surface area contributed by atoms with Gasteiger partial charge >= 0.3 is 0 Å². The van der Waals surface area contributed by atoms with Crippen molar-refractivity contribution < 1.29 is 13.9 Å². The zero-order valence-corrected chi connectivity index (χ0v) is 15.0. The number of hydrogen-bond acceptors (Lipinski definition) is 6. The van der Waals surface area contributed by atoms with E-state index in [0.717, 1.165) is 23.2 Å². The van der Waals surface area contributed by atoms with Crippen molar-refractivity contribution in [1.82, 2.24) is 19.7 Å². The smallest absolute Gasteiger partial charge is 0.182 e. The van der Waals surface area contributed by atoms with E-state index in [-0.39, 0.29) is 12.6 Å². The predicted octanol–water partition coefficient (Wildman–Crippen LogP) is 4.06. The molecule has 0 atom stereocenters. The van der Waals surface area contributed by atoms with Crippen LogP contribution in [0, 0.1) is 0 Å². The largest absolute Gasteiger partial charge is 0.486 e. The molecule has 136 valence electrons. The first-order valence-electron chi connectivity index (χ1n) is 8.61. The average molecular weight is 362 g/mol. The van der Waals surface area contributed by atoms with Crippen LogP contribution in [-0.2, 0) is 6.61 Å². The van der Waals surface area contributed by atoms with Crippen LogP contribution in [-0.4, -0.2) is 26.0 Å². The minimum atomic E-state index is 0.208. The molecule has 3 aromatic heterocycles. The number of carbonyl (C=O) groups excluding carboxylic acids is 1. The summed E-state index contributed by atoms with van der Waals surface area (Å²) in [7, 11) is 0. The fraction of sp³-hybridized carbons (Fsp3) is 0.200. The van der Waals surface area contributed by atoms with Gasteiger partial charge in [-0.3, -0.25) is 14.5 Å². The number of ether oxygens (including phenoxy) is 1. The van der Waals surface area contributed by atoms with E-state index in [1.54, 1.807) is 24.5 Å². The number of aldehydes is 1. The Hall–Kier alpha value is -3.48. The van der Waals surface area contributed by atoms with Crippen LogP contribution in [0.2, 0.25) is 0 Å². The summed E-state index contributed by atoms with van der Waals surface area (Å²) in [5, 5.41) is 4.39. The van der Waals surface area contributed by atoms with Crippen molar-refractivity contribution in [3.05, 3.63) is 60.4 Å². The lowest BCUT2D eigenvalue weighted by atomic mass is 10.1. The summed E-state index contributed by atoms with van der Waals surface area (Å²) in [6, 6.07) is 9.52. The van der Waals surface area contributed by atoms with Crippen LogP contribution in [0.1, 0.15) is 35.9 Å². The van der Waals surface area contributed by atoms with Gasteiger partial charge in [0, 0.05) is 24.0 Å². The molecule has 7 heteroatoms. The van der Waals surface area contributed by atoms with E-state index in [1.165, 1.54) is 6.39 Å². The molecule has 0 aliphatic rings. The van der Waals surface area contributed by atoms with E-state index in [4.69, 9.17) is 9.15 Å². The molecule has 0 N–H and O–H groups in total. The van der Waals surface area contributed by atoms with Gasteiger partial charge in [-0.15, -0.1) is 0 Å². The molecule has 0 unspecified atom stereocenters. The molecule has 0 saturated heterocycles. The van der Waals surface area contributed by atoms with Crippen molar-refractivity contribution in [3.63, 3.8) is 0 Å². The predicted molar refractivity (Wildman–Crippen MR) is 99.6 cm³/mol. The summed E-state index contributed by atoms with van der Waals surface area (Å²) >= 11 is 0. The molecule has 0 fully saturated rings. The topological polar surface area (TPSA) is 83.0 Å². The molecule has 0 amide bonds. The van der Waals surface area contributed by atoms with Crippen LogP contribution in [0.4, 0.5) is 0 Å². The number of nitrogens with zero attached hydrogens (tertiary/aromatic N) is 4. The minimum Gasteiger partial charge on any atom is -0.486 e. The van der Waals surface area contributed by atoms with Gasteiger partial charge in [-0.2, -0.15) is 5.10 Å². The van der Waals surface area contributed by atoms with E-state index in [9.17, 15) is 4.79 Å². The van der Waals surface area contributed by atoms with Crippen LogP contribution in [0.25, 0.3) is 22.4 Å². The maximum absolute atomic E-state index is 11.5. The van der Waals surface area contributed by atoms with Gasteiger partial charge in [0.05, 0.1) is 11.4 Å². The number of rotatable bonds is 6. The maximum Gasteiger partial charge on any atom is 0.182 e. The van der Waals surface area contributed by atoms with Gasteiger partial charge in [-0.25, -0.2) is 4.98 Å². The normalized spacial score (nSPS) is 11.2. The first kappa shape index (κ1) is 17.0. The highest BCUT2D eigenvalue weighted by Crippen LogP contribution is 2.29. The third kappa shape index (κ3) is 3.08. The Morgan fingerprint density at radius 3 is 2.89 bits per heavy atom. The molecule has 4 aromatic rings. The second kappa shape index (κ2) is 7.03. The number of carbonyl (C=O) groups is 1. The highest BCUT2D eigenvalue weighted by molar-refractivity contribution is 5.96. The molecule has 3 heterocycles. The van der Waals surface area contributed by atoms with E-state index >= 15 is 0 Å². The van der Waals surface area contributed by atoms with Gasteiger partial charge in [0.25, 0.3) is 0 Å². The Balaban J connectivity index is 1.67. The molecular weight excluding hydrogens is 344 g/mol. The van der Waals surface area contributed by atoms with E-state index in [0.29, 0.717) is 22.4 Å². The molecule has 0 spiro atoms. The number of hydrogen-bond donors (Lipinski definition) is 0. The Morgan fingerprint density at radius 2 is 2.07 bits per heavy atom. The van der Waals surface area contributed by atoms with E-state index in [2.05, 4.69) is 28.9 Å². The Bertz CT molecular complexity index is 1100. The average Bonchev–Trinajstić information content (AvgIpc) is 3.35. The third-order valence-corrected chi connectivity index (χ3v) is 4.31. The standard InChI is InChI=1S/C20H18N4O3/c1-13(2)24-18(7-9-23-24)14-4-3-8-21-17(14)11-26-19-6-5-16-20(15(19)10-25)27-12-22-16/h3-10,12-13H,11H2,1-2H3. The van der Waals surface area contributed by atoms with Gasteiger partial charge in [0.2, 0.25) is 0 Å². The van der Waals surface area contributed by atoms with E-state index in [1.807, 2.05) is 22.9 Å². The summed E-state index contributed by atoms with van der Waals surface area (Å²) in [5.74, 6) is 0.434. The fourth-order valence-corrected chi connectivity index (χ4v) is 3.04. The first-order valence-corrected chi connectivity index (χ1v) is 8.61. The quantitative estimate of drug-likeness (QED) is 0.481. The van der Waals surface area contributed by atoms with Crippen molar-refractivity contribution in [2.75, 3.05) is 0 Å². The summed E-state index contributed by atoms with van der Waals surface area (Å²) in [4.78, 5) is 20.1. The fourth-order valence-electron chi connectivity index (χ4n) is 3.04. The van der Waals surface area contributed by atoms with Crippen LogP contribution in [0.15, 0.2) is 53.5 Å². The van der Waals surface area contributed by atoms with Crippen LogP contribution in [0.5, 0.6) is 5.75 Å². The first-order chi connectivity index (χ1) is 13.2. The summed E-state index contributed by atoms with van der Waals surface area (Å²) in [6.45, 7) is 4.36. The zero-order chi connectivity index (χ0) is 18.8. The van der Waals surface area contributed by atoms with Crippen LogP contribution in [0.3, 0.4) is 0 Å². The van der Waals surface area contributed by atoms with Crippen molar-refractivity contribution in [2.45, 2.75) is 26.5 Å². The maximum atomic E-state index is 11.5. The lowest BCUT2D eigenvalue weighted by Crippen LogP contribution is -2.08. The number of benzene rings is 1. The molecule has 1 aromatic carbocycles. The second-order valence-electron chi connectivity index (χ2n) is 6.34. The molecule has 0 aliphatic carbocycles. The van der Waals surface area contributed by atoms with Gasteiger partial charge in [-0.1, -0.05) is 0 Å². The molecule has 0 bridgehead atoms. The van der Waals surface area contributed by atoms with Gasteiger partial charge in [0.1, 0.15) is 23.4 Å². The lowest BCUT2D eigenvalue weighted by Gasteiger charge is -2.14. The second-order valence-corrected chi connectivity index (χ2v) is 6.34. The Labute approximate surface area is 155 Å². The molecule has 0 aliphatic heterocycles. The SMILES string of the molecule is CC(C)n1nccc1-c1cccnc1COc1ccc2ncoc2c1C=O. The summed E-state index contributed by atoms with van der Waals surface area (Å²) < 4.78 is 13.2. The molecule has 0 saturated carbocycles. The lowest BCUT2D eigenvalue weighted by molar-refractivity contribution is 0.111. The number of oxazole rings is 1. The monoisotopic (exact) mass is 362 g/mol. The Kier molecular flexibility index (Phi) is 4.42. The van der Waals surface area contributed by atoms with Gasteiger partial charge in [-0.05, 0) is 44.2 Å². The molecule has 27 heavy (non-hydrogen) atoms. The summed E-state index contributed by atoms with van der Waals surface area (Å²) in [6.07, 6.45) is 5.52. The minimum absolute atomic E-state index is 0.208. The third-order valence-electron chi connectivity index (χ3n) is 4.31. The summed E-state index contributed by atoms with van der Waals surface area (Å²) in [5.41, 5.74) is 4.05. The van der Waals surface area contributed by atoms with Crippen molar-refractivity contribution in [2.24, 2.45) is 0 Å². The number of fused-ring (bicyclic) bond motifs is 1. The van der Waals surface area contributed by atoms with Crippen LogP contribution >= 0.6 is 0 Å². The molecule has 7 nitrogen and oxygen atoms in total. The zero-order valence-electron chi connectivity index (χ0n) is 15.0. The number of pyridine rings is 1. The molecular formula is C20H18N4O3. The van der Waals surface area contributed by atoms with Gasteiger partial charge < -0.3 is 9.15 Å². The van der Waals surface area contributed by atoms with Crippen LogP contribution < -0.4 is 4.74 Å². The molecule has 0 radical (unpaired) electrons. The van der Waals surface area contributed by atoms with Crippen molar-refractivity contribution in [1.29, 1.82) is 0 Å². The highest BCUT2D eigenvalue weighted by Gasteiger charge is 2.16.